The zero-order chi connectivity index (χ0) is 17.1. The average Bonchev–Trinajstić information content (AvgIpc) is 3.11. The number of benzene rings is 1. The van der Waals surface area contributed by atoms with Crippen LogP contribution in [0.5, 0.6) is 0 Å². The van der Waals surface area contributed by atoms with Crippen molar-refractivity contribution in [1.29, 1.82) is 0 Å². The number of hydrogen-bond donors (Lipinski definition) is 1. The van der Waals surface area contributed by atoms with Gasteiger partial charge in [-0.2, -0.15) is 5.10 Å². The van der Waals surface area contributed by atoms with E-state index in [1.165, 1.54) is 16.8 Å². The Bertz CT molecular complexity index is 741. The predicted octanol–water partition coefficient (Wildman–Crippen LogP) is 1.75. The number of likely N-dealkylation sites (tertiary alicyclic amines) is 1. The number of piperidine rings is 1. The molecule has 126 valence electrons. The van der Waals surface area contributed by atoms with E-state index in [0.29, 0.717) is 18.7 Å². The lowest BCUT2D eigenvalue weighted by molar-refractivity contribution is -0.126. The molecule has 1 aromatic carbocycles. The van der Waals surface area contributed by atoms with Gasteiger partial charge in [-0.05, 0) is 49.6 Å². The third-order valence-electron chi connectivity index (χ3n) is 4.21. The monoisotopic (exact) mass is 330 g/mol. The van der Waals surface area contributed by atoms with Crippen molar-refractivity contribution < 1.29 is 14.0 Å². The van der Waals surface area contributed by atoms with Crippen LogP contribution < -0.4 is 5.32 Å². The summed E-state index contributed by atoms with van der Waals surface area (Å²) in [4.78, 5) is 26.3. The SMILES string of the molecule is CNC(=O)[C@@H]1CCCCN1C(=O)c1ccn(-c2ccc(F)cc2)n1. The van der Waals surface area contributed by atoms with Gasteiger partial charge in [0.2, 0.25) is 5.91 Å². The normalized spacial score (nSPS) is 17.6. The van der Waals surface area contributed by atoms with E-state index in [1.807, 2.05) is 0 Å². The van der Waals surface area contributed by atoms with Crippen LogP contribution in [-0.2, 0) is 4.79 Å². The topological polar surface area (TPSA) is 67.2 Å². The van der Waals surface area contributed by atoms with E-state index in [-0.39, 0.29) is 23.3 Å². The van der Waals surface area contributed by atoms with Crippen molar-refractivity contribution in [2.45, 2.75) is 25.3 Å². The van der Waals surface area contributed by atoms with Gasteiger partial charge >= 0.3 is 0 Å². The number of nitrogens with one attached hydrogen (secondary N) is 1. The molecule has 0 spiro atoms. The number of hydrogen-bond acceptors (Lipinski definition) is 3. The Morgan fingerprint density at radius 1 is 1.21 bits per heavy atom. The van der Waals surface area contributed by atoms with Crippen molar-refractivity contribution in [2.75, 3.05) is 13.6 Å². The molecule has 0 saturated carbocycles. The molecule has 0 radical (unpaired) electrons. The lowest BCUT2D eigenvalue weighted by atomic mass is 10.0. The zero-order valence-corrected chi connectivity index (χ0v) is 13.4. The van der Waals surface area contributed by atoms with Gasteiger partial charge in [0.1, 0.15) is 11.9 Å². The third kappa shape index (κ3) is 3.15. The Kier molecular flexibility index (Phi) is 4.59. The molecule has 1 fully saturated rings. The molecule has 2 heterocycles. The standard InChI is InChI=1S/C17H19FN4O2/c1-19-16(23)15-4-2-3-10-21(15)17(24)14-9-11-22(20-14)13-7-5-12(18)6-8-13/h5-9,11,15H,2-4,10H2,1H3,(H,19,23)/t15-/m0/s1. The zero-order valence-electron chi connectivity index (χ0n) is 13.4. The molecule has 1 aromatic heterocycles. The first-order chi connectivity index (χ1) is 11.6. The molecule has 1 aliphatic heterocycles. The van der Waals surface area contributed by atoms with Gasteiger partial charge < -0.3 is 10.2 Å². The number of halogens is 1. The van der Waals surface area contributed by atoms with Crippen molar-refractivity contribution in [2.24, 2.45) is 0 Å². The molecule has 0 aliphatic carbocycles. The van der Waals surface area contributed by atoms with Gasteiger partial charge in [0, 0.05) is 19.8 Å². The molecule has 1 N–H and O–H groups in total. The predicted molar refractivity (Wildman–Crippen MR) is 86.3 cm³/mol. The molecular formula is C17H19FN4O2. The molecule has 6 nitrogen and oxygen atoms in total. The highest BCUT2D eigenvalue weighted by Gasteiger charge is 2.32. The highest BCUT2D eigenvalue weighted by atomic mass is 19.1. The van der Waals surface area contributed by atoms with Crippen LogP contribution >= 0.6 is 0 Å². The van der Waals surface area contributed by atoms with Crippen molar-refractivity contribution in [1.82, 2.24) is 20.0 Å². The number of carbonyl (C=O) groups excluding carboxylic acids is 2. The summed E-state index contributed by atoms with van der Waals surface area (Å²) in [7, 11) is 1.57. The molecule has 0 bridgehead atoms. The summed E-state index contributed by atoms with van der Waals surface area (Å²) >= 11 is 0. The summed E-state index contributed by atoms with van der Waals surface area (Å²) in [6.07, 6.45) is 4.10. The molecule has 1 aliphatic rings. The van der Waals surface area contributed by atoms with E-state index in [0.717, 1.165) is 12.8 Å². The minimum Gasteiger partial charge on any atom is -0.357 e. The molecule has 2 aromatic rings. The summed E-state index contributed by atoms with van der Waals surface area (Å²) in [5.74, 6) is -0.742. The van der Waals surface area contributed by atoms with Crippen molar-refractivity contribution >= 4 is 11.8 Å². The minimum atomic E-state index is -0.452. The highest BCUT2D eigenvalue weighted by molar-refractivity contribution is 5.96. The van der Waals surface area contributed by atoms with Crippen molar-refractivity contribution in [3.8, 4) is 5.69 Å². The molecule has 0 unspecified atom stereocenters. The summed E-state index contributed by atoms with van der Waals surface area (Å²) in [5.41, 5.74) is 0.937. The fourth-order valence-electron chi connectivity index (χ4n) is 2.94. The lowest BCUT2D eigenvalue weighted by Crippen LogP contribution is -2.51. The highest BCUT2D eigenvalue weighted by Crippen LogP contribution is 2.20. The summed E-state index contributed by atoms with van der Waals surface area (Å²) in [6, 6.07) is 7.01. The summed E-state index contributed by atoms with van der Waals surface area (Å²) in [6.45, 7) is 0.542. The Morgan fingerprint density at radius 2 is 1.96 bits per heavy atom. The van der Waals surface area contributed by atoms with Gasteiger partial charge in [0.05, 0.1) is 5.69 Å². The maximum absolute atomic E-state index is 13.0. The fourth-order valence-corrected chi connectivity index (χ4v) is 2.94. The van der Waals surface area contributed by atoms with Crippen molar-refractivity contribution in [3.05, 3.63) is 48.0 Å². The maximum atomic E-state index is 13.0. The van der Waals surface area contributed by atoms with Gasteiger partial charge in [0.25, 0.3) is 5.91 Å². The van der Waals surface area contributed by atoms with Crippen LogP contribution in [0, 0.1) is 5.82 Å². The van der Waals surface area contributed by atoms with Crippen LogP contribution in [0.1, 0.15) is 29.8 Å². The Balaban J connectivity index is 1.82. The second-order valence-electron chi connectivity index (χ2n) is 5.75. The summed E-state index contributed by atoms with van der Waals surface area (Å²) < 4.78 is 14.5. The van der Waals surface area contributed by atoms with Gasteiger partial charge in [-0.1, -0.05) is 0 Å². The third-order valence-corrected chi connectivity index (χ3v) is 4.21. The van der Waals surface area contributed by atoms with E-state index < -0.39 is 6.04 Å². The number of amides is 2. The minimum absolute atomic E-state index is 0.152. The summed E-state index contributed by atoms with van der Waals surface area (Å²) in [5, 5.41) is 6.89. The molecule has 7 heteroatoms. The van der Waals surface area contributed by atoms with Gasteiger partial charge in [0.15, 0.2) is 5.69 Å². The Hall–Kier alpha value is -2.70. The Labute approximate surface area is 139 Å². The van der Waals surface area contributed by atoms with Crippen molar-refractivity contribution in [3.63, 3.8) is 0 Å². The van der Waals surface area contributed by atoms with Crippen LogP contribution in [0.25, 0.3) is 5.69 Å². The van der Waals surface area contributed by atoms with E-state index in [4.69, 9.17) is 0 Å². The molecule has 1 saturated heterocycles. The molecule has 24 heavy (non-hydrogen) atoms. The lowest BCUT2D eigenvalue weighted by Gasteiger charge is -2.33. The van der Waals surface area contributed by atoms with E-state index in [9.17, 15) is 14.0 Å². The number of nitrogens with zero attached hydrogens (tertiary/aromatic N) is 3. The van der Waals surface area contributed by atoms with E-state index in [2.05, 4.69) is 10.4 Å². The number of carbonyl (C=O) groups is 2. The quantitative estimate of drug-likeness (QED) is 0.932. The molecule has 1 atom stereocenters. The van der Waals surface area contributed by atoms with Gasteiger partial charge in [-0.25, -0.2) is 9.07 Å². The smallest absolute Gasteiger partial charge is 0.275 e. The first-order valence-electron chi connectivity index (χ1n) is 7.94. The van der Waals surface area contributed by atoms with E-state index in [1.54, 1.807) is 36.3 Å². The molecule has 3 rings (SSSR count). The molecule has 2 amide bonds. The number of likely N-dealkylation sites (N-methyl/N-ethyl adjacent to an activating group) is 1. The van der Waals surface area contributed by atoms with Crippen LogP contribution in [0.2, 0.25) is 0 Å². The van der Waals surface area contributed by atoms with Crippen LogP contribution in [0.3, 0.4) is 0 Å². The first-order valence-corrected chi connectivity index (χ1v) is 7.94. The Morgan fingerprint density at radius 3 is 2.67 bits per heavy atom. The van der Waals surface area contributed by atoms with Gasteiger partial charge in [-0.3, -0.25) is 9.59 Å². The van der Waals surface area contributed by atoms with Crippen LogP contribution in [-0.4, -0.2) is 46.1 Å². The largest absolute Gasteiger partial charge is 0.357 e. The number of aromatic nitrogens is 2. The fraction of sp³-hybridized carbons (Fsp3) is 0.353. The second kappa shape index (κ2) is 6.82. The maximum Gasteiger partial charge on any atom is 0.275 e. The molecular weight excluding hydrogens is 311 g/mol. The van der Waals surface area contributed by atoms with Crippen LogP contribution in [0.15, 0.2) is 36.5 Å². The average molecular weight is 330 g/mol. The second-order valence-corrected chi connectivity index (χ2v) is 5.75. The first kappa shape index (κ1) is 16.2. The van der Waals surface area contributed by atoms with Crippen LogP contribution in [0.4, 0.5) is 4.39 Å². The van der Waals surface area contributed by atoms with Gasteiger partial charge in [-0.15, -0.1) is 0 Å². The van der Waals surface area contributed by atoms with E-state index >= 15 is 0 Å². The number of rotatable bonds is 3.